The standard InChI is InChI=1S/C10H11ClO/c11-9-3-1-7(2-4-9)8-5-10(12)6-8/h1-4,8,10,12H,5-6H2. The van der Waals surface area contributed by atoms with Crippen molar-refractivity contribution in [2.45, 2.75) is 24.9 Å². The Kier molecular flexibility index (Phi) is 2.07. The first-order chi connectivity index (χ1) is 5.75. The molecule has 0 spiro atoms. The van der Waals surface area contributed by atoms with Crippen molar-refractivity contribution in [3.63, 3.8) is 0 Å². The fourth-order valence-corrected chi connectivity index (χ4v) is 1.72. The van der Waals surface area contributed by atoms with Gasteiger partial charge in [0, 0.05) is 5.02 Å². The maximum absolute atomic E-state index is 9.11. The summed E-state index contributed by atoms with van der Waals surface area (Å²) in [4.78, 5) is 0. The summed E-state index contributed by atoms with van der Waals surface area (Å²) in [6, 6.07) is 7.89. The summed E-state index contributed by atoms with van der Waals surface area (Å²) < 4.78 is 0. The van der Waals surface area contributed by atoms with Crippen LogP contribution in [0.25, 0.3) is 0 Å². The van der Waals surface area contributed by atoms with Crippen molar-refractivity contribution in [3.8, 4) is 0 Å². The average molecular weight is 183 g/mol. The van der Waals surface area contributed by atoms with Gasteiger partial charge in [-0.2, -0.15) is 0 Å². The first kappa shape index (κ1) is 8.09. The van der Waals surface area contributed by atoms with Gasteiger partial charge in [-0.3, -0.25) is 0 Å². The molecule has 2 heteroatoms. The summed E-state index contributed by atoms with van der Waals surface area (Å²) >= 11 is 5.76. The van der Waals surface area contributed by atoms with E-state index < -0.39 is 0 Å². The van der Waals surface area contributed by atoms with E-state index in [-0.39, 0.29) is 6.10 Å². The van der Waals surface area contributed by atoms with Crippen LogP contribution in [0.5, 0.6) is 0 Å². The number of rotatable bonds is 1. The van der Waals surface area contributed by atoms with E-state index in [2.05, 4.69) is 0 Å². The van der Waals surface area contributed by atoms with Crippen LogP contribution >= 0.6 is 11.6 Å². The molecule has 12 heavy (non-hydrogen) atoms. The number of aliphatic hydroxyl groups excluding tert-OH is 1. The third-order valence-corrected chi connectivity index (χ3v) is 2.71. The van der Waals surface area contributed by atoms with E-state index >= 15 is 0 Å². The van der Waals surface area contributed by atoms with Crippen molar-refractivity contribution >= 4 is 11.6 Å². The number of aliphatic hydroxyl groups is 1. The molecule has 0 unspecified atom stereocenters. The molecule has 1 aliphatic carbocycles. The molecule has 1 aromatic carbocycles. The van der Waals surface area contributed by atoms with Gasteiger partial charge in [0.25, 0.3) is 0 Å². The van der Waals surface area contributed by atoms with E-state index in [1.54, 1.807) is 0 Å². The molecular formula is C10H11ClO. The number of halogens is 1. The Morgan fingerprint density at radius 1 is 1.17 bits per heavy atom. The number of hydrogen-bond donors (Lipinski definition) is 1. The van der Waals surface area contributed by atoms with E-state index in [1.165, 1.54) is 5.56 Å². The highest BCUT2D eigenvalue weighted by molar-refractivity contribution is 6.30. The third kappa shape index (κ3) is 1.47. The number of hydrogen-bond acceptors (Lipinski definition) is 1. The molecule has 0 atom stereocenters. The zero-order valence-corrected chi connectivity index (χ0v) is 7.46. The molecule has 0 aromatic heterocycles. The Labute approximate surface area is 77.0 Å². The SMILES string of the molecule is OC1CC(c2ccc(Cl)cc2)C1. The quantitative estimate of drug-likeness (QED) is 0.708. The molecule has 1 aliphatic rings. The lowest BCUT2D eigenvalue weighted by Gasteiger charge is -2.31. The average Bonchev–Trinajstić information content (AvgIpc) is 2.01. The van der Waals surface area contributed by atoms with E-state index in [1.807, 2.05) is 24.3 Å². The van der Waals surface area contributed by atoms with Gasteiger partial charge in [-0.15, -0.1) is 0 Å². The van der Waals surface area contributed by atoms with E-state index in [0.717, 1.165) is 17.9 Å². The van der Waals surface area contributed by atoms with Crippen molar-refractivity contribution in [2.24, 2.45) is 0 Å². The zero-order chi connectivity index (χ0) is 8.55. The lowest BCUT2D eigenvalue weighted by molar-refractivity contribution is 0.0746. The van der Waals surface area contributed by atoms with Crippen LogP contribution in [0.3, 0.4) is 0 Å². The van der Waals surface area contributed by atoms with Crippen LogP contribution in [-0.2, 0) is 0 Å². The molecular weight excluding hydrogens is 172 g/mol. The van der Waals surface area contributed by atoms with Crippen LogP contribution in [0.15, 0.2) is 24.3 Å². The highest BCUT2D eigenvalue weighted by Crippen LogP contribution is 2.36. The summed E-state index contributed by atoms with van der Waals surface area (Å²) in [6.45, 7) is 0. The summed E-state index contributed by atoms with van der Waals surface area (Å²) in [7, 11) is 0. The van der Waals surface area contributed by atoms with Crippen LogP contribution in [0.1, 0.15) is 24.3 Å². The van der Waals surface area contributed by atoms with Crippen molar-refractivity contribution in [1.82, 2.24) is 0 Å². The molecule has 1 nitrogen and oxygen atoms in total. The van der Waals surface area contributed by atoms with E-state index in [4.69, 9.17) is 16.7 Å². The highest BCUT2D eigenvalue weighted by atomic mass is 35.5. The summed E-state index contributed by atoms with van der Waals surface area (Å²) in [5.41, 5.74) is 1.30. The molecule has 0 aliphatic heterocycles. The highest BCUT2D eigenvalue weighted by Gasteiger charge is 2.27. The van der Waals surface area contributed by atoms with E-state index in [0.29, 0.717) is 5.92 Å². The van der Waals surface area contributed by atoms with Crippen LogP contribution < -0.4 is 0 Å². The van der Waals surface area contributed by atoms with Crippen molar-refractivity contribution in [3.05, 3.63) is 34.9 Å². The topological polar surface area (TPSA) is 20.2 Å². The summed E-state index contributed by atoms with van der Waals surface area (Å²) in [5, 5.41) is 9.88. The van der Waals surface area contributed by atoms with Gasteiger partial charge in [-0.25, -0.2) is 0 Å². The fourth-order valence-electron chi connectivity index (χ4n) is 1.59. The Balaban J connectivity index is 2.09. The minimum absolute atomic E-state index is 0.0781. The fraction of sp³-hybridized carbons (Fsp3) is 0.400. The van der Waals surface area contributed by atoms with Crippen LogP contribution in [0.2, 0.25) is 5.02 Å². The lowest BCUT2D eigenvalue weighted by Crippen LogP contribution is -2.26. The molecule has 1 fully saturated rings. The maximum Gasteiger partial charge on any atom is 0.0552 e. The normalized spacial score (nSPS) is 28.2. The molecule has 2 rings (SSSR count). The van der Waals surface area contributed by atoms with Crippen LogP contribution in [0.4, 0.5) is 0 Å². The van der Waals surface area contributed by atoms with Gasteiger partial charge in [0.15, 0.2) is 0 Å². The summed E-state index contributed by atoms with van der Waals surface area (Å²) in [6.07, 6.45) is 1.73. The molecule has 0 radical (unpaired) electrons. The second-order valence-corrected chi connectivity index (χ2v) is 3.81. The van der Waals surface area contributed by atoms with Gasteiger partial charge in [0.2, 0.25) is 0 Å². The van der Waals surface area contributed by atoms with Crippen LogP contribution in [-0.4, -0.2) is 11.2 Å². The van der Waals surface area contributed by atoms with Crippen LogP contribution in [0, 0.1) is 0 Å². The predicted octanol–water partition coefficient (Wildman–Crippen LogP) is 2.58. The molecule has 0 heterocycles. The minimum atomic E-state index is -0.0781. The van der Waals surface area contributed by atoms with Gasteiger partial charge in [0.05, 0.1) is 6.10 Å². The molecule has 1 saturated carbocycles. The van der Waals surface area contributed by atoms with Gasteiger partial charge < -0.3 is 5.11 Å². The molecule has 1 aromatic rings. The van der Waals surface area contributed by atoms with Gasteiger partial charge in [-0.1, -0.05) is 23.7 Å². The van der Waals surface area contributed by atoms with E-state index in [9.17, 15) is 0 Å². The minimum Gasteiger partial charge on any atom is -0.393 e. The molecule has 64 valence electrons. The van der Waals surface area contributed by atoms with Gasteiger partial charge in [-0.05, 0) is 36.5 Å². The Morgan fingerprint density at radius 2 is 1.75 bits per heavy atom. The molecule has 0 saturated heterocycles. The largest absolute Gasteiger partial charge is 0.393 e. The second-order valence-electron chi connectivity index (χ2n) is 3.37. The first-order valence-electron chi connectivity index (χ1n) is 4.19. The lowest BCUT2D eigenvalue weighted by atomic mass is 9.78. The summed E-state index contributed by atoms with van der Waals surface area (Å²) in [5.74, 6) is 0.553. The van der Waals surface area contributed by atoms with Gasteiger partial charge >= 0.3 is 0 Å². The maximum atomic E-state index is 9.11. The first-order valence-corrected chi connectivity index (χ1v) is 4.57. The van der Waals surface area contributed by atoms with Crippen molar-refractivity contribution in [1.29, 1.82) is 0 Å². The monoisotopic (exact) mass is 182 g/mol. The van der Waals surface area contributed by atoms with Crippen molar-refractivity contribution in [2.75, 3.05) is 0 Å². The van der Waals surface area contributed by atoms with Gasteiger partial charge in [0.1, 0.15) is 0 Å². The Morgan fingerprint density at radius 3 is 2.25 bits per heavy atom. The predicted molar refractivity (Wildman–Crippen MR) is 49.4 cm³/mol. The molecule has 0 amide bonds. The molecule has 0 bridgehead atoms. The Hall–Kier alpha value is -0.530. The third-order valence-electron chi connectivity index (χ3n) is 2.45. The molecule has 1 N–H and O–H groups in total. The Bertz CT molecular complexity index is 262. The number of benzene rings is 1. The zero-order valence-electron chi connectivity index (χ0n) is 6.70. The van der Waals surface area contributed by atoms with Crippen molar-refractivity contribution < 1.29 is 5.11 Å². The smallest absolute Gasteiger partial charge is 0.0552 e. The second kappa shape index (κ2) is 3.08.